The fourth-order valence-corrected chi connectivity index (χ4v) is 3.71. The molecular formula is C20H29N3O3. The molecule has 1 aromatic carbocycles. The van der Waals surface area contributed by atoms with Gasteiger partial charge in [-0.25, -0.2) is 9.59 Å². The normalized spacial score (nSPS) is 20.9. The molecule has 1 aliphatic rings. The molecular weight excluding hydrogens is 330 g/mol. The predicted octanol–water partition coefficient (Wildman–Crippen LogP) is 3.66. The zero-order chi connectivity index (χ0) is 18.7. The fourth-order valence-electron chi connectivity index (χ4n) is 3.71. The highest BCUT2D eigenvalue weighted by Gasteiger charge is 2.24. The molecule has 26 heavy (non-hydrogen) atoms. The highest BCUT2D eigenvalue weighted by molar-refractivity contribution is 5.74. The van der Waals surface area contributed by atoms with Crippen molar-refractivity contribution in [3.05, 3.63) is 34.7 Å². The number of fused-ring (bicyclic) bond motifs is 1. The fraction of sp³-hybridized carbons (Fsp3) is 0.600. The third-order valence-electron chi connectivity index (χ3n) is 5.02. The zero-order valence-electron chi connectivity index (χ0n) is 15.9. The van der Waals surface area contributed by atoms with Gasteiger partial charge >= 0.3 is 11.8 Å². The summed E-state index contributed by atoms with van der Waals surface area (Å²) in [5, 5.41) is 2.88. The second-order valence-corrected chi connectivity index (χ2v) is 8.33. The molecule has 0 unspecified atom stereocenters. The molecule has 6 heteroatoms. The van der Waals surface area contributed by atoms with E-state index < -0.39 is 5.60 Å². The molecule has 1 fully saturated rings. The van der Waals surface area contributed by atoms with E-state index in [2.05, 4.69) is 10.3 Å². The lowest BCUT2D eigenvalue weighted by Gasteiger charge is -2.29. The number of carbonyl (C=O) groups excluding carboxylic acids is 1. The Bertz CT molecular complexity index is 808. The van der Waals surface area contributed by atoms with Crippen molar-refractivity contribution in [2.75, 3.05) is 6.54 Å². The standard InChI is InChI=1S/C20H29N3O3/c1-20(2,3)26-19(25)21-12-14-8-10-15(11-9-14)13-23-17-7-5-4-6-16(17)22-18(23)24/h4-7,14-15H,8-13H2,1-3H3,(H,21,25)(H,22,24). The van der Waals surface area contributed by atoms with E-state index in [1.165, 1.54) is 0 Å². The first-order valence-corrected chi connectivity index (χ1v) is 9.46. The van der Waals surface area contributed by atoms with Gasteiger partial charge in [-0.2, -0.15) is 0 Å². The van der Waals surface area contributed by atoms with Gasteiger partial charge in [0.2, 0.25) is 0 Å². The number of benzene rings is 1. The molecule has 0 spiro atoms. The molecule has 0 atom stereocenters. The number of rotatable bonds is 4. The monoisotopic (exact) mass is 359 g/mol. The molecule has 1 amide bonds. The highest BCUT2D eigenvalue weighted by atomic mass is 16.6. The molecule has 1 saturated carbocycles. The van der Waals surface area contributed by atoms with Gasteiger partial charge in [0, 0.05) is 13.1 Å². The quantitative estimate of drug-likeness (QED) is 0.875. The van der Waals surface area contributed by atoms with Crippen LogP contribution in [0.2, 0.25) is 0 Å². The minimum absolute atomic E-state index is 0.0279. The van der Waals surface area contributed by atoms with Crippen LogP contribution in [-0.2, 0) is 11.3 Å². The maximum atomic E-state index is 12.2. The number of hydrogen-bond donors (Lipinski definition) is 2. The summed E-state index contributed by atoms with van der Waals surface area (Å²) in [4.78, 5) is 26.9. The SMILES string of the molecule is CC(C)(C)OC(=O)NCC1CCC(Cn2c(=O)[nH]c3ccccc32)CC1. The number of amides is 1. The van der Waals surface area contributed by atoms with Crippen LogP contribution < -0.4 is 11.0 Å². The van der Waals surface area contributed by atoms with Gasteiger partial charge in [-0.05, 0) is 70.4 Å². The molecule has 3 rings (SSSR count). The van der Waals surface area contributed by atoms with Crippen molar-refractivity contribution in [3.8, 4) is 0 Å². The minimum Gasteiger partial charge on any atom is -0.444 e. The van der Waals surface area contributed by atoms with Gasteiger partial charge in [0.15, 0.2) is 0 Å². The van der Waals surface area contributed by atoms with E-state index >= 15 is 0 Å². The Morgan fingerprint density at radius 2 is 1.85 bits per heavy atom. The number of aromatic amines is 1. The van der Waals surface area contributed by atoms with E-state index in [1.807, 2.05) is 49.6 Å². The van der Waals surface area contributed by atoms with E-state index in [1.54, 1.807) is 0 Å². The molecule has 1 heterocycles. The Morgan fingerprint density at radius 1 is 1.19 bits per heavy atom. The number of H-pyrrole nitrogens is 1. The molecule has 2 N–H and O–H groups in total. The summed E-state index contributed by atoms with van der Waals surface area (Å²) >= 11 is 0. The number of ether oxygens (including phenoxy) is 1. The van der Waals surface area contributed by atoms with Gasteiger partial charge in [0.25, 0.3) is 0 Å². The maximum absolute atomic E-state index is 12.2. The average molecular weight is 359 g/mol. The van der Waals surface area contributed by atoms with E-state index in [4.69, 9.17) is 4.74 Å². The Labute approximate surface area is 153 Å². The molecule has 0 bridgehead atoms. The summed E-state index contributed by atoms with van der Waals surface area (Å²) in [6.07, 6.45) is 3.94. The molecule has 142 valence electrons. The summed E-state index contributed by atoms with van der Waals surface area (Å²) in [5.74, 6) is 0.989. The van der Waals surface area contributed by atoms with Crippen molar-refractivity contribution >= 4 is 17.1 Å². The van der Waals surface area contributed by atoms with Gasteiger partial charge in [0.05, 0.1) is 11.0 Å². The summed E-state index contributed by atoms with van der Waals surface area (Å²) in [6, 6.07) is 7.83. The van der Waals surface area contributed by atoms with Gasteiger partial charge < -0.3 is 15.0 Å². The Kier molecular flexibility index (Phi) is 5.39. The van der Waals surface area contributed by atoms with Crippen LogP contribution in [0.15, 0.2) is 29.1 Å². The first-order chi connectivity index (χ1) is 12.3. The molecule has 6 nitrogen and oxygen atoms in total. The van der Waals surface area contributed by atoms with Gasteiger partial charge in [0.1, 0.15) is 5.60 Å². The summed E-state index contributed by atoms with van der Waals surface area (Å²) in [6.45, 7) is 7.02. The van der Waals surface area contributed by atoms with Crippen LogP contribution in [0, 0.1) is 11.8 Å². The third kappa shape index (κ3) is 4.68. The third-order valence-corrected chi connectivity index (χ3v) is 5.02. The van der Waals surface area contributed by atoms with Crippen molar-refractivity contribution < 1.29 is 9.53 Å². The van der Waals surface area contributed by atoms with E-state index in [0.717, 1.165) is 43.3 Å². The Balaban J connectivity index is 1.49. The summed E-state index contributed by atoms with van der Waals surface area (Å²) in [7, 11) is 0. The smallest absolute Gasteiger partial charge is 0.407 e. The minimum atomic E-state index is -0.464. The molecule has 0 radical (unpaired) electrons. The van der Waals surface area contributed by atoms with Crippen LogP contribution in [0.5, 0.6) is 0 Å². The van der Waals surface area contributed by atoms with Crippen LogP contribution in [0.1, 0.15) is 46.5 Å². The van der Waals surface area contributed by atoms with Crippen molar-refractivity contribution in [1.82, 2.24) is 14.9 Å². The van der Waals surface area contributed by atoms with Crippen LogP contribution in [0.3, 0.4) is 0 Å². The van der Waals surface area contributed by atoms with Gasteiger partial charge in [-0.1, -0.05) is 12.1 Å². The van der Waals surface area contributed by atoms with E-state index in [0.29, 0.717) is 18.4 Å². The highest BCUT2D eigenvalue weighted by Crippen LogP contribution is 2.30. The Morgan fingerprint density at radius 3 is 2.54 bits per heavy atom. The molecule has 1 aliphatic carbocycles. The molecule has 2 aromatic rings. The summed E-state index contributed by atoms with van der Waals surface area (Å²) < 4.78 is 7.14. The van der Waals surface area contributed by atoms with Crippen molar-refractivity contribution in [2.24, 2.45) is 11.8 Å². The second-order valence-electron chi connectivity index (χ2n) is 8.33. The van der Waals surface area contributed by atoms with Crippen LogP contribution >= 0.6 is 0 Å². The molecule has 0 saturated heterocycles. The number of nitrogens with zero attached hydrogens (tertiary/aromatic N) is 1. The molecule has 0 aliphatic heterocycles. The van der Waals surface area contributed by atoms with Crippen molar-refractivity contribution in [2.45, 2.75) is 58.6 Å². The van der Waals surface area contributed by atoms with Gasteiger partial charge in [-0.3, -0.25) is 4.57 Å². The number of para-hydroxylation sites is 2. The number of aromatic nitrogens is 2. The van der Waals surface area contributed by atoms with Crippen LogP contribution in [0.4, 0.5) is 4.79 Å². The van der Waals surface area contributed by atoms with E-state index in [-0.39, 0.29) is 11.8 Å². The second kappa shape index (κ2) is 7.56. The van der Waals surface area contributed by atoms with Gasteiger partial charge in [-0.15, -0.1) is 0 Å². The molecule has 1 aromatic heterocycles. The number of alkyl carbamates (subject to hydrolysis) is 1. The first-order valence-electron chi connectivity index (χ1n) is 9.46. The number of imidazole rings is 1. The Hall–Kier alpha value is -2.24. The van der Waals surface area contributed by atoms with Crippen LogP contribution in [-0.4, -0.2) is 27.8 Å². The van der Waals surface area contributed by atoms with Crippen molar-refractivity contribution in [3.63, 3.8) is 0 Å². The largest absolute Gasteiger partial charge is 0.444 e. The number of nitrogens with one attached hydrogen (secondary N) is 2. The lowest BCUT2D eigenvalue weighted by molar-refractivity contribution is 0.0513. The first kappa shape index (κ1) is 18.5. The number of hydrogen-bond acceptors (Lipinski definition) is 3. The zero-order valence-corrected chi connectivity index (χ0v) is 15.9. The van der Waals surface area contributed by atoms with E-state index in [9.17, 15) is 9.59 Å². The maximum Gasteiger partial charge on any atom is 0.407 e. The van der Waals surface area contributed by atoms with Crippen molar-refractivity contribution in [1.29, 1.82) is 0 Å². The topological polar surface area (TPSA) is 76.1 Å². The predicted molar refractivity (Wildman–Crippen MR) is 102 cm³/mol. The average Bonchev–Trinajstić information content (AvgIpc) is 2.88. The lowest BCUT2D eigenvalue weighted by Crippen LogP contribution is -2.36. The number of carbonyl (C=O) groups is 1. The summed E-state index contributed by atoms with van der Waals surface area (Å²) in [5.41, 5.74) is 1.38. The lowest BCUT2D eigenvalue weighted by atomic mass is 9.82. The van der Waals surface area contributed by atoms with Crippen LogP contribution in [0.25, 0.3) is 11.0 Å².